The zero-order valence-electron chi connectivity index (χ0n) is 5.36. The second kappa shape index (κ2) is 2.65. The van der Waals surface area contributed by atoms with Crippen LogP contribution in [0.2, 0.25) is 0 Å². The van der Waals surface area contributed by atoms with Crippen LogP contribution in [0.1, 0.15) is 5.69 Å². The van der Waals surface area contributed by atoms with Gasteiger partial charge in [-0.15, -0.1) is 0 Å². The third-order valence-electron chi connectivity index (χ3n) is 0.983. The molecular formula is C5HF5N2. The molecule has 0 bridgehead atoms. The van der Waals surface area contributed by atoms with Gasteiger partial charge in [0, 0.05) is 0 Å². The van der Waals surface area contributed by atoms with E-state index >= 15 is 0 Å². The van der Waals surface area contributed by atoms with Gasteiger partial charge in [0.05, 0.1) is 6.20 Å². The molecule has 0 atom stereocenters. The summed E-state index contributed by atoms with van der Waals surface area (Å²) >= 11 is 0. The molecule has 0 radical (unpaired) electrons. The predicted octanol–water partition coefficient (Wildman–Crippen LogP) is 1.77. The van der Waals surface area contributed by atoms with Crippen LogP contribution in [0.15, 0.2) is 6.20 Å². The third kappa shape index (κ3) is 1.66. The molecule has 1 rings (SSSR count). The van der Waals surface area contributed by atoms with E-state index in [4.69, 9.17) is 0 Å². The van der Waals surface area contributed by atoms with Crippen molar-refractivity contribution in [1.82, 2.24) is 9.97 Å². The molecule has 0 saturated carbocycles. The van der Waals surface area contributed by atoms with Gasteiger partial charge >= 0.3 is 12.3 Å². The normalized spacial score (nSPS) is 11.8. The van der Waals surface area contributed by atoms with Crippen LogP contribution in [-0.2, 0) is 6.18 Å². The molecule has 0 N–H and O–H groups in total. The summed E-state index contributed by atoms with van der Waals surface area (Å²) in [6.45, 7) is 0. The molecule has 0 amide bonds. The lowest BCUT2D eigenvalue weighted by Crippen LogP contribution is -2.12. The molecule has 12 heavy (non-hydrogen) atoms. The molecule has 1 aromatic heterocycles. The average Bonchev–Trinajstić information content (AvgIpc) is 1.92. The number of aromatic nitrogens is 2. The van der Waals surface area contributed by atoms with Crippen molar-refractivity contribution in [2.45, 2.75) is 6.18 Å². The van der Waals surface area contributed by atoms with E-state index in [1.807, 2.05) is 0 Å². The summed E-state index contributed by atoms with van der Waals surface area (Å²) in [6, 6.07) is 0. The van der Waals surface area contributed by atoms with E-state index in [-0.39, 0.29) is 6.20 Å². The van der Waals surface area contributed by atoms with Crippen molar-refractivity contribution in [3.05, 3.63) is 23.8 Å². The molecule has 0 spiro atoms. The van der Waals surface area contributed by atoms with E-state index in [0.717, 1.165) is 0 Å². The highest BCUT2D eigenvalue weighted by molar-refractivity contribution is 5.05. The van der Waals surface area contributed by atoms with E-state index in [1.165, 1.54) is 0 Å². The van der Waals surface area contributed by atoms with E-state index in [1.54, 1.807) is 0 Å². The summed E-state index contributed by atoms with van der Waals surface area (Å²) in [4.78, 5) is 4.87. The van der Waals surface area contributed by atoms with Gasteiger partial charge in [-0.1, -0.05) is 0 Å². The number of hydrogen-bond donors (Lipinski definition) is 0. The number of nitrogens with zero attached hydrogens (tertiary/aromatic N) is 2. The Bertz CT molecular complexity index is 294. The number of alkyl halides is 3. The van der Waals surface area contributed by atoms with Gasteiger partial charge in [0.15, 0.2) is 11.5 Å². The van der Waals surface area contributed by atoms with Crippen molar-refractivity contribution < 1.29 is 22.0 Å². The molecule has 0 aliphatic rings. The fraction of sp³-hybridized carbons (Fsp3) is 0.200. The quantitative estimate of drug-likeness (QED) is 0.453. The highest BCUT2D eigenvalue weighted by atomic mass is 19.4. The van der Waals surface area contributed by atoms with Crippen LogP contribution < -0.4 is 0 Å². The summed E-state index contributed by atoms with van der Waals surface area (Å²) in [5.41, 5.74) is -1.89. The van der Waals surface area contributed by atoms with Gasteiger partial charge in [-0.2, -0.15) is 22.5 Å². The predicted molar refractivity (Wildman–Crippen MR) is 26.9 cm³/mol. The number of halogens is 5. The number of hydrogen-bond acceptors (Lipinski definition) is 2. The Kier molecular flexibility index (Phi) is 1.95. The minimum absolute atomic E-state index is 0.130. The molecule has 66 valence electrons. The van der Waals surface area contributed by atoms with Gasteiger partial charge in [0.2, 0.25) is 0 Å². The maximum absolute atomic E-state index is 12.3. The van der Waals surface area contributed by atoms with Crippen LogP contribution in [0, 0.1) is 11.9 Å². The lowest BCUT2D eigenvalue weighted by molar-refractivity contribution is -0.144. The molecule has 1 aromatic rings. The van der Waals surface area contributed by atoms with Crippen LogP contribution >= 0.6 is 0 Å². The van der Waals surface area contributed by atoms with Crippen LogP contribution in [0.4, 0.5) is 22.0 Å². The molecular weight excluding hydrogens is 183 g/mol. The van der Waals surface area contributed by atoms with Crippen LogP contribution in [-0.4, -0.2) is 9.97 Å². The van der Waals surface area contributed by atoms with E-state index in [9.17, 15) is 22.0 Å². The second-order valence-electron chi connectivity index (χ2n) is 1.83. The summed E-state index contributed by atoms with van der Waals surface area (Å²) in [7, 11) is 0. The Morgan fingerprint density at radius 2 is 1.75 bits per heavy atom. The first kappa shape index (κ1) is 8.82. The molecule has 0 saturated heterocycles. The SMILES string of the molecule is Fc1ncc(F)c(C(F)(F)F)n1. The van der Waals surface area contributed by atoms with Crippen molar-refractivity contribution in [2.75, 3.05) is 0 Å². The monoisotopic (exact) mass is 184 g/mol. The van der Waals surface area contributed by atoms with Crippen molar-refractivity contribution in [3.8, 4) is 0 Å². The fourth-order valence-electron chi connectivity index (χ4n) is 0.544. The zero-order valence-corrected chi connectivity index (χ0v) is 5.36. The highest BCUT2D eigenvalue weighted by Gasteiger charge is 2.36. The Hall–Kier alpha value is -1.27. The van der Waals surface area contributed by atoms with Gasteiger partial charge in [-0.25, -0.2) is 9.37 Å². The first-order valence-corrected chi connectivity index (χ1v) is 2.66. The highest BCUT2D eigenvalue weighted by Crippen LogP contribution is 2.28. The molecule has 0 aliphatic heterocycles. The van der Waals surface area contributed by atoms with Gasteiger partial charge in [0.25, 0.3) is 0 Å². The Morgan fingerprint density at radius 1 is 1.17 bits per heavy atom. The summed E-state index contributed by atoms with van der Waals surface area (Å²) in [5.74, 6) is -1.69. The molecule has 0 aliphatic carbocycles. The lowest BCUT2D eigenvalue weighted by Gasteiger charge is -2.04. The van der Waals surface area contributed by atoms with Gasteiger partial charge < -0.3 is 0 Å². The largest absolute Gasteiger partial charge is 0.436 e. The molecule has 0 fully saturated rings. The third-order valence-corrected chi connectivity index (χ3v) is 0.983. The van der Waals surface area contributed by atoms with Crippen molar-refractivity contribution in [1.29, 1.82) is 0 Å². The maximum Gasteiger partial charge on any atom is 0.436 e. The van der Waals surface area contributed by atoms with E-state index < -0.39 is 23.8 Å². The molecule has 7 heteroatoms. The van der Waals surface area contributed by atoms with E-state index in [2.05, 4.69) is 9.97 Å². The Balaban J connectivity index is 3.23. The van der Waals surface area contributed by atoms with E-state index in [0.29, 0.717) is 0 Å². The van der Waals surface area contributed by atoms with Gasteiger partial charge in [0.1, 0.15) is 0 Å². The van der Waals surface area contributed by atoms with Crippen LogP contribution in [0.5, 0.6) is 0 Å². The lowest BCUT2D eigenvalue weighted by atomic mass is 10.4. The van der Waals surface area contributed by atoms with Crippen LogP contribution in [0.3, 0.4) is 0 Å². The first-order valence-electron chi connectivity index (χ1n) is 2.66. The minimum atomic E-state index is -4.99. The van der Waals surface area contributed by atoms with Gasteiger partial charge in [-0.05, 0) is 0 Å². The standard InChI is InChI=1S/C5HF5N2/c6-2-1-11-4(7)12-3(2)5(8,9)10/h1H. The van der Waals surface area contributed by atoms with Crippen molar-refractivity contribution >= 4 is 0 Å². The zero-order chi connectivity index (χ0) is 9.35. The molecule has 0 aromatic carbocycles. The topological polar surface area (TPSA) is 25.8 Å². The second-order valence-corrected chi connectivity index (χ2v) is 1.83. The van der Waals surface area contributed by atoms with Crippen molar-refractivity contribution in [2.24, 2.45) is 0 Å². The number of rotatable bonds is 0. The summed E-state index contributed by atoms with van der Waals surface area (Å²) in [6.07, 6.45) is -6.47. The minimum Gasteiger partial charge on any atom is -0.208 e. The Morgan fingerprint density at radius 3 is 2.17 bits per heavy atom. The van der Waals surface area contributed by atoms with Gasteiger partial charge in [-0.3, -0.25) is 0 Å². The first-order chi connectivity index (χ1) is 5.41. The van der Waals surface area contributed by atoms with Crippen molar-refractivity contribution in [3.63, 3.8) is 0 Å². The smallest absolute Gasteiger partial charge is 0.208 e. The molecule has 0 unspecified atom stereocenters. The maximum atomic E-state index is 12.3. The Labute approximate surface area is 63.1 Å². The molecule has 1 heterocycles. The van der Waals surface area contributed by atoms with Crippen LogP contribution in [0.25, 0.3) is 0 Å². The average molecular weight is 184 g/mol. The fourth-order valence-corrected chi connectivity index (χ4v) is 0.544. The summed E-state index contributed by atoms with van der Waals surface area (Å²) in [5, 5.41) is 0. The molecule has 2 nitrogen and oxygen atoms in total. The summed E-state index contributed by atoms with van der Waals surface area (Å²) < 4.78 is 59.4.